The van der Waals surface area contributed by atoms with Crippen LogP contribution in [0.25, 0.3) is 0 Å². The topological polar surface area (TPSA) is 80.9 Å². The standard InChI is InChI=1S/2C9H20O.2C7H16O/c2*1-7(2)5-9(6-10)8(3)4;2*1-4-7(5-8)6(2)3/h2*7-10H,5-6H2,1-4H3;2*6-8H,4-5H2,1-3H3/t;;7-;/m..1./s1. The van der Waals surface area contributed by atoms with Gasteiger partial charge >= 0.3 is 0 Å². The van der Waals surface area contributed by atoms with E-state index in [4.69, 9.17) is 20.4 Å². The highest BCUT2D eigenvalue weighted by atomic mass is 16.3. The van der Waals surface area contributed by atoms with E-state index < -0.39 is 0 Å². The monoisotopic (exact) mass is 521 g/mol. The van der Waals surface area contributed by atoms with Crippen LogP contribution in [-0.4, -0.2) is 46.9 Å². The number of hydrogen-bond acceptors (Lipinski definition) is 4. The Bertz CT molecular complexity index is 359. The van der Waals surface area contributed by atoms with E-state index in [0.717, 1.165) is 25.7 Å². The molecule has 36 heavy (non-hydrogen) atoms. The maximum Gasteiger partial charge on any atom is 0.0461 e. The van der Waals surface area contributed by atoms with Crippen molar-refractivity contribution in [3.05, 3.63) is 0 Å². The van der Waals surface area contributed by atoms with E-state index in [1.807, 2.05) is 0 Å². The molecule has 0 bridgehead atoms. The van der Waals surface area contributed by atoms with Crippen LogP contribution in [0.5, 0.6) is 0 Å². The molecule has 0 rings (SSSR count). The Balaban J connectivity index is -0.000000191. The van der Waals surface area contributed by atoms with Crippen molar-refractivity contribution in [3.63, 3.8) is 0 Å². The highest BCUT2D eigenvalue weighted by Gasteiger charge is 2.14. The molecule has 0 aromatic rings. The van der Waals surface area contributed by atoms with Gasteiger partial charge < -0.3 is 20.4 Å². The molecule has 0 saturated carbocycles. The fraction of sp³-hybridized carbons (Fsp3) is 1.00. The Morgan fingerprint density at radius 2 is 0.556 bits per heavy atom. The summed E-state index contributed by atoms with van der Waals surface area (Å²) < 4.78 is 0. The number of hydrogen-bond donors (Lipinski definition) is 4. The first-order chi connectivity index (χ1) is 16.6. The summed E-state index contributed by atoms with van der Waals surface area (Å²) in [6.45, 7) is 31.6. The first-order valence-corrected chi connectivity index (χ1v) is 15.0. The lowest BCUT2D eigenvalue weighted by atomic mass is 9.88. The van der Waals surface area contributed by atoms with E-state index >= 15 is 0 Å². The van der Waals surface area contributed by atoms with Gasteiger partial charge in [-0.3, -0.25) is 0 Å². The molecule has 0 fully saturated rings. The minimum atomic E-state index is 0.341. The Labute approximate surface area is 228 Å². The Morgan fingerprint density at radius 1 is 0.361 bits per heavy atom. The molecular weight excluding hydrogens is 448 g/mol. The predicted molar refractivity (Wildman–Crippen MR) is 161 cm³/mol. The van der Waals surface area contributed by atoms with Crippen LogP contribution in [0.1, 0.15) is 123 Å². The molecule has 0 aliphatic carbocycles. The lowest BCUT2D eigenvalue weighted by Gasteiger charge is -2.19. The molecule has 0 spiro atoms. The molecule has 4 nitrogen and oxygen atoms in total. The average Bonchev–Trinajstić information content (AvgIpc) is 2.77. The van der Waals surface area contributed by atoms with E-state index in [9.17, 15) is 0 Å². The number of aliphatic hydroxyl groups excluding tert-OH is 4. The highest BCUT2D eigenvalue weighted by molar-refractivity contribution is 4.64. The summed E-state index contributed by atoms with van der Waals surface area (Å²) >= 11 is 0. The molecule has 4 N–H and O–H groups in total. The Kier molecular flexibility index (Phi) is 33.2. The minimum Gasteiger partial charge on any atom is -0.396 e. The Morgan fingerprint density at radius 3 is 0.583 bits per heavy atom. The van der Waals surface area contributed by atoms with Crippen LogP contribution in [0.15, 0.2) is 0 Å². The molecule has 0 saturated heterocycles. The molecule has 0 aromatic carbocycles. The first kappa shape index (κ1) is 42.9. The largest absolute Gasteiger partial charge is 0.396 e. The van der Waals surface area contributed by atoms with Crippen molar-refractivity contribution in [2.75, 3.05) is 26.4 Å². The Hall–Kier alpha value is -0.160. The van der Waals surface area contributed by atoms with Crippen molar-refractivity contribution in [2.45, 2.75) is 123 Å². The molecule has 0 aliphatic heterocycles. The first-order valence-electron chi connectivity index (χ1n) is 15.0. The normalized spacial score (nSPS) is 14.7. The zero-order valence-corrected chi connectivity index (χ0v) is 27.2. The van der Waals surface area contributed by atoms with E-state index in [-0.39, 0.29) is 0 Å². The van der Waals surface area contributed by atoms with Crippen molar-refractivity contribution in [1.29, 1.82) is 0 Å². The smallest absolute Gasteiger partial charge is 0.0461 e. The van der Waals surface area contributed by atoms with Crippen molar-refractivity contribution >= 4 is 0 Å². The van der Waals surface area contributed by atoms with Gasteiger partial charge in [0.05, 0.1) is 0 Å². The van der Waals surface area contributed by atoms with Gasteiger partial charge in [-0.1, -0.05) is 110 Å². The van der Waals surface area contributed by atoms with Gasteiger partial charge in [0, 0.05) is 26.4 Å². The minimum absolute atomic E-state index is 0.341. The third-order valence-corrected chi connectivity index (χ3v) is 7.31. The van der Waals surface area contributed by atoms with Gasteiger partial charge in [-0.15, -0.1) is 0 Å². The highest BCUT2D eigenvalue weighted by Crippen LogP contribution is 2.19. The molecule has 0 aliphatic rings. The molecule has 0 aromatic heterocycles. The summed E-state index contributed by atoms with van der Waals surface area (Å²) in [6.07, 6.45) is 4.48. The average molecular weight is 521 g/mol. The second kappa shape index (κ2) is 27.9. The lowest BCUT2D eigenvalue weighted by Crippen LogP contribution is -2.15. The zero-order chi connectivity index (χ0) is 29.4. The molecule has 3 unspecified atom stereocenters. The molecule has 224 valence electrons. The van der Waals surface area contributed by atoms with Crippen LogP contribution in [0.3, 0.4) is 0 Å². The number of rotatable bonds is 14. The van der Waals surface area contributed by atoms with Crippen molar-refractivity contribution in [1.82, 2.24) is 0 Å². The summed E-state index contributed by atoms with van der Waals surface area (Å²) in [4.78, 5) is 0. The van der Waals surface area contributed by atoms with Gasteiger partial charge in [0.15, 0.2) is 0 Å². The van der Waals surface area contributed by atoms with Gasteiger partial charge in [-0.05, 0) is 72.0 Å². The maximum atomic E-state index is 8.95. The summed E-state index contributed by atoms with van der Waals surface area (Å²) in [5, 5.41) is 35.3. The van der Waals surface area contributed by atoms with E-state index in [1.54, 1.807) is 0 Å². The SMILES string of the molecule is CC(C)CC(CO)C(C)C.CC(C)CC(CO)C(C)C.CCC(CO)C(C)C.CC[C@H](CO)C(C)C. The van der Waals surface area contributed by atoms with E-state index in [0.29, 0.717) is 85.6 Å². The lowest BCUT2D eigenvalue weighted by molar-refractivity contribution is 0.168. The second-order valence-corrected chi connectivity index (χ2v) is 12.8. The van der Waals surface area contributed by atoms with Crippen LogP contribution < -0.4 is 0 Å². The summed E-state index contributed by atoms with van der Waals surface area (Å²) in [5.41, 5.74) is 0. The van der Waals surface area contributed by atoms with Gasteiger partial charge in [-0.2, -0.15) is 0 Å². The van der Waals surface area contributed by atoms with Crippen molar-refractivity contribution in [3.8, 4) is 0 Å². The van der Waals surface area contributed by atoms with Gasteiger partial charge in [0.2, 0.25) is 0 Å². The van der Waals surface area contributed by atoms with Crippen LogP contribution in [0, 0.1) is 59.2 Å². The summed E-state index contributed by atoms with van der Waals surface area (Å²) in [5.74, 6) is 5.93. The van der Waals surface area contributed by atoms with Gasteiger partial charge in [-0.25, -0.2) is 0 Å². The van der Waals surface area contributed by atoms with Gasteiger partial charge in [0.25, 0.3) is 0 Å². The molecule has 0 amide bonds. The van der Waals surface area contributed by atoms with Crippen LogP contribution in [-0.2, 0) is 0 Å². The number of aliphatic hydroxyl groups is 4. The maximum absolute atomic E-state index is 8.95. The summed E-state index contributed by atoms with van der Waals surface area (Å²) in [6, 6.07) is 0. The molecule has 4 heteroatoms. The second-order valence-electron chi connectivity index (χ2n) is 12.8. The third kappa shape index (κ3) is 28.4. The molecule has 0 heterocycles. The zero-order valence-electron chi connectivity index (χ0n) is 27.2. The van der Waals surface area contributed by atoms with Crippen LogP contribution in [0.4, 0.5) is 0 Å². The van der Waals surface area contributed by atoms with Crippen LogP contribution in [0.2, 0.25) is 0 Å². The quantitative estimate of drug-likeness (QED) is 0.187. The third-order valence-electron chi connectivity index (χ3n) is 7.31. The fourth-order valence-electron chi connectivity index (χ4n) is 3.95. The summed E-state index contributed by atoms with van der Waals surface area (Å²) in [7, 11) is 0. The molecule has 4 atom stereocenters. The molecular formula is C32H72O4. The predicted octanol–water partition coefficient (Wildman–Crippen LogP) is 7.92. The molecule has 0 radical (unpaired) electrons. The van der Waals surface area contributed by atoms with E-state index in [1.165, 1.54) is 0 Å². The van der Waals surface area contributed by atoms with Crippen molar-refractivity contribution < 1.29 is 20.4 Å². The van der Waals surface area contributed by atoms with Crippen LogP contribution >= 0.6 is 0 Å². The fourth-order valence-corrected chi connectivity index (χ4v) is 3.95. The van der Waals surface area contributed by atoms with E-state index in [2.05, 4.69) is 96.9 Å². The van der Waals surface area contributed by atoms with Gasteiger partial charge in [0.1, 0.15) is 0 Å². The van der Waals surface area contributed by atoms with Crippen molar-refractivity contribution in [2.24, 2.45) is 59.2 Å².